The molecule has 0 fully saturated rings. The summed E-state index contributed by atoms with van der Waals surface area (Å²) in [4.78, 5) is 24.5. The lowest BCUT2D eigenvalue weighted by Crippen LogP contribution is -2.33. The summed E-state index contributed by atoms with van der Waals surface area (Å²) >= 11 is 1.21. The summed E-state index contributed by atoms with van der Waals surface area (Å²) in [5, 5.41) is 6.96. The number of rotatable bonds is 10. The van der Waals surface area contributed by atoms with Gasteiger partial charge in [0, 0.05) is 0 Å². The second kappa shape index (κ2) is 12.4. The van der Waals surface area contributed by atoms with Gasteiger partial charge in [-0.2, -0.15) is 10.2 Å². The van der Waals surface area contributed by atoms with Crippen LogP contribution in [-0.2, 0) is 9.59 Å². The Labute approximate surface area is 186 Å². The van der Waals surface area contributed by atoms with Crippen LogP contribution in [0.25, 0.3) is 0 Å². The SMILES string of the molecule is COc1cccc(/C=N\NC(=O)C(C)SC(C)C(=O)N/N=C/c2cccc(OC)c2)c1. The highest BCUT2D eigenvalue weighted by Crippen LogP contribution is 2.18. The number of nitrogens with zero attached hydrogens (tertiary/aromatic N) is 2. The Morgan fingerprint density at radius 3 is 1.65 bits per heavy atom. The molecule has 2 aromatic carbocycles. The summed E-state index contributed by atoms with van der Waals surface area (Å²) in [7, 11) is 3.16. The Morgan fingerprint density at radius 2 is 1.26 bits per heavy atom. The van der Waals surface area contributed by atoms with Crippen molar-refractivity contribution in [3.63, 3.8) is 0 Å². The highest BCUT2D eigenvalue weighted by molar-refractivity contribution is 8.01. The topological polar surface area (TPSA) is 101 Å². The molecule has 0 heterocycles. The predicted molar refractivity (Wildman–Crippen MR) is 124 cm³/mol. The summed E-state index contributed by atoms with van der Waals surface area (Å²) in [6.45, 7) is 3.43. The Balaban J connectivity index is 1.79. The van der Waals surface area contributed by atoms with Gasteiger partial charge in [0.1, 0.15) is 11.5 Å². The van der Waals surface area contributed by atoms with Crippen molar-refractivity contribution in [1.82, 2.24) is 10.9 Å². The molecule has 0 aliphatic heterocycles. The van der Waals surface area contributed by atoms with Crippen molar-refractivity contribution in [2.75, 3.05) is 14.2 Å². The molecule has 0 bridgehead atoms. The van der Waals surface area contributed by atoms with Gasteiger partial charge in [0.2, 0.25) is 0 Å². The van der Waals surface area contributed by atoms with Crippen molar-refractivity contribution in [3.05, 3.63) is 59.7 Å². The number of carbonyl (C=O) groups is 2. The van der Waals surface area contributed by atoms with Crippen LogP contribution in [-0.4, -0.2) is 49.0 Å². The molecule has 2 N–H and O–H groups in total. The number of thioether (sulfide) groups is 1. The molecule has 2 aromatic rings. The number of methoxy groups -OCH3 is 2. The number of ether oxygens (including phenoxy) is 2. The number of hydrazone groups is 2. The van der Waals surface area contributed by atoms with Crippen LogP contribution >= 0.6 is 11.8 Å². The van der Waals surface area contributed by atoms with Crippen molar-refractivity contribution in [3.8, 4) is 11.5 Å². The van der Waals surface area contributed by atoms with Gasteiger partial charge in [0.25, 0.3) is 11.8 Å². The lowest BCUT2D eigenvalue weighted by molar-refractivity contribution is -0.120. The van der Waals surface area contributed by atoms with Crippen LogP contribution in [0.1, 0.15) is 25.0 Å². The van der Waals surface area contributed by atoms with Crippen molar-refractivity contribution < 1.29 is 19.1 Å². The van der Waals surface area contributed by atoms with Gasteiger partial charge in [-0.3, -0.25) is 9.59 Å². The van der Waals surface area contributed by atoms with Gasteiger partial charge in [-0.15, -0.1) is 11.8 Å². The molecule has 164 valence electrons. The van der Waals surface area contributed by atoms with Gasteiger partial charge in [-0.25, -0.2) is 10.9 Å². The van der Waals surface area contributed by atoms with Crippen molar-refractivity contribution >= 4 is 36.0 Å². The minimum absolute atomic E-state index is 0.302. The highest BCUT2D eigenvalue weighted by atomic mass is 32.2. The monoisotopic (exact) mass is 442 g/mol. The molecule has 2 unspecified atom stereocenters. The number of benzene rings is 2. The molecule has 0 radical (unpaired) electrons. The maximum absolute atomic E-state index is 12.2. The molecule has 0 spiro atoms. The molecule has 31 heavy (non-hydrogen) atoms. The standard InChI is InChI=1S/C22H26N4O4S/c1-15(21(27)25-23-13-17-7-5-9-19(11-17)29-3)31-16(2)22(28)26-24-14-18-8-6-10-20(12-18)30-4/h5-16H,1-4H3,(H,25,27)(H,26,28)/b23-13-,24-14+. The van der Waals surface area contributed by atoms with E-state index in [9.17, 15) is 9.59 Å². The third-order valence-electron chi connectivity index (χ3n) is 4.11. The molecule has 0 aromatic heterocycles. The lowest BCUT2D eigenvalue weighted by Gasteiger charge is -2.14. The first-order chi connectivity index (χ1) is 14.9. The van der Waals surface area contributed by atoms with Crippen LogP contribution in [0.4, 0.5) is 0 Å². The van der Waals surface area contributed by atoms with E-state index in [0.29, 0.717) is 11.5 Å². The van der Waals surface area contributed by atoms with E-state index < -0.39 is 10.5 Å². The maximum atomic E-state index is 12.2. The normalized spacial score (nSPS) is 13.0. The van der Waals surface area contributed by atoms with Gasteiger partial charge in [0.05, 0.1) is 37.1 Å². The second-order valence-electron chi connectivity index (χ2n) is 6.44. The molecule has 2 atom stereocenters. The van der Waals surface area contributed by atoms with Crippen LogP contribution < -0.4 is 20.3 Å². The van der Waals surface area contributed by atoms with E-state index in [1.165, 1.54) is 24.2 Å². The first-order valence-electron chi connectivity index (χ1n) is 9.52. The zero-order valence-electron chi connectivity index (χ0n) is 17.9. The summed E-state index contributed by atoms with van der Waals surface area (Å²) in [6, 6.07) is 14.6. The van der Waals surface area contributed by atoms with Gasteiger partial charge in [0.15, 0.2) is 0 Å². The number of carbonyl (C=O) groups excluding carboxylic acids is 2. The third-order valence-corrected chi connectivity index (χ3v) is 5.36. The summed E-state index contributed by atoms with van der Waals surface area (Å²) in [5.41, 5.74) is 6.55. The average Bonchev–Trinajstić information content (AvgIpc) is 2.79. The molecule has 0 aliphatic rings. The first kappa shape index (κ1) is 23.9. The van der Waals surface area contributed by atoms with E-state index >= 15 is 0 Å². The summed E-state index contributed by atoms with van der Waals surface area (Å²) in [6.07, 6.45) is 3.06. The Bertz CT molecular complexity index is 873. The van der Waals surface area contributed by atoms with E-state index in [4.69, 9.17) is 9.47 Å². The molecular weight excluding hydrogens is 416 g/mol. The van der Waals surface area contributed by atoms with Crippen LogP contribution in [0.3, 0.4) is 0 Å². The predicted octanol–water partition coefficient (Wildman–Crippen LogP) is 2.81. The largest absolute Gasteiger partial charge is 0.497 e. The van der Waals surface area contributed by atoms with Crippen LogP contribution in [0.15, 0.2) is 58.7 Å². The Hall–Kier alpha value is -3.33. The van der Waals surface area contributed by atoms with Gasteiger partial charge < -0.3 is 9.47 Å². The lowest BCUT2D eigenvalue weighted by atomic mass is 10.2. The fraction of sp³-hybridized carbons (Fsp3) is 0.273. The van der Waals surface area contributed by atoms with Crippen molar-refractivity contribution in [2.45, 2.75) is 24.3 Å². The van der Waals surface area contributed by atoms with Crippen LogP contribution in [0.2, 0.25) is 0 Å². The minimum Gasteiger partial charge on any atom is -0.497 e. The zero-order chi connectivity index (χ0) is 22.6. The molecule has 0 saturated heterocycles. The molecular formula is C22H26N4O4S. The maximum Gasteiger partial charge on any atom is 0.252 e. The number of hydrogen-bond acceptors (Lipinski definition) is 7. The van der Waals surface area contributed by atoms with E-state index in [-0.39, 0.29) is 11.8 Å². The smallest absolute Gasteiger partial charge is 0.252 e. The molecule has 9 heteroatoms. The van der Waals surface area contributed by atoms with Crippen molar-refractivity contribution in [1.29, 1.82) is 0 Å². The highest BCUT2D eigenvalue weighted by Gasteiger charge is 2.21. The molecule has 2 amide bonds. The fourth-order valence-electron chi connectivity index (χ4n) is 2.40. The Morgan fingerprint density at radius 1 is 0.839 bits per heavy atom. The van der Waals surface area contributed by atoms with E-state index in [2.05, 4.69) is 21.1 Å². The van der Waals surface area contributed by atoms with Crippen LogP contribution in [0.5, 0.6) is 11.5 Å². The molecule has 0 aliphatic carbocycles. The van der Waals surface area contributed by atoms with Gasteiger partial charge in [-0.05, 0) is 49.2 Å². The summed E-state index contributed by atoms with van der Waals surface area (Å²) < 4.78 is 10.3. The second-order valence-corrected chi connectivity index (χ2v) is 8.13. The minimum atomic E-state index is -0.481. The third kappa shape index (κ3) is 8.13. The average molecular weight is 443 g/mol. The summed E-state index contributed by atoms with van der Waals surface area (Å²) in [5.74, 6) is 0.800. The number of amides is 2. The number of hydrogen-bond donors (Lipinski definition) is 2. The van der Waals surface area contributed by atoms with E-state index in [0.717, 1.165) is 11.1 Å². The van der Waals surface area contributed by atoms with Gasteiger partial charge in [-0.1, -0.05) is 24.3 Å². The van der Waals surface area contributed by atoms with Crippen LogP contribution in [0, 0.1) is 0 Å². The quantitative estimate of drug-likeness (QED) is 0.435. The van der Waals surface area contributed by atoms with E-state index in [1.54, 1.807) is 40.2 Å². The van der Waals surface area contributed by atoms with Crippen molar-refractivity contribution in [2.24, 2.45) is 10.2 Å². The van der Waals surface area contributed by atoms with E-state index in [1.807, 2.05) is 36.4 Å². The molecule has 0 saturated carbocycles. The number of nitrogens with one attached hydrogen (secondary N) is 2. The molecule has 2 rings (SSSR count). The molecule has 8 nitrogen and oxygen atoms in total. The first-order valence-corrected chi connectivity index (χ1v) is 10.5. The zero-order valence-corrected chi connectivity index (χ0v) is 18.7. The van der Waals surface area contributed by atoms with Gasteiger partial charge >= 0.3 is 0 Å². The fourth-order valence-corrected chi connectivity index (χ4v) is 3.36. The Kier molecular flexibility index (Phi) is 9.57.